The Labute approximate surface area is 89.2 Å². The van der Waals surface area contributed by atoms with Gasteiger partial charge >= 0.3 is 0 Å². The van der Waals surface area contributed by atoms with Crippen LogP contribution in [0.4, 0.5) is 4.39 Å². The van der Waals surface area contributed by atoms with E-state index in [-0.39, 0.29) is 11.2 Å². The van der Waals surface area contributed by atoms with Gasteiger partial charge in [0, 0.05) is 12.3 Å². The predicted octanol–water partition coefficient (Wildman–Crippen LogP) is 2.92. The molecule has 1 atom stereocenters. The van der Waals surface area contributed by atoms with Crippen LogP contribution in [0.1, 0.15) is 10.9 Å². The van der Waals surface area contributed by atoms with E-state index < -0.39 is 0 Å². The van der Waals surface area contributed by atoms with Gasteiger partial charge in [0.25, 0.3) is 0 Å². The molecule has 1 N–H and O–H groups in total. The Hall–Kier alpha value is -0.0600. The Kier molecular flexibility index (Phi) is 2.91. The molecule has 0 amide bonds. The van der Waals surface area contributed by atoms with Crippen molar-refractivity contribution in [1.29, 1.82) is 0 Å². The molecule has 13 heavy (non-hydrogen) atoms. The fourth-order valence-electron chi connectivity index (χ4n) is 1.32. The highest BCUT2D eigenvalue weighted by Crippen LogP contribution is 2.31. The van der Waals surface area contributed by atoms with Crippen LogP contribution < -0.4 is 5.32 Å². The van der Waals surface area contributed by atoms with Crippen LogP contribution in [0.2, 0.25) is 0 Å². The quantitative estimate of drug-likeness (QED) is 0.835. The minimum absolute atomic E-state index is 0.188. The van der Waals surface area contributed by atoms with Gasteiger partial charge in [-0.15, -0.1) is 11.8 Å². The van der Waals surface area contributed by atoms with Gasteiger partial charge in [-0.3, -0.25) is 0 Å². The number of thioether (sulfide) groups is 1. The van der Waals surface area contributed by atoms with Gasteiger partial charge in [0.1, 0.15) is 5.82 Å². The molecule has 0 saturated carbocycles. The summed E-state index contributed by atoms with van der Waals surface area (Å²) in [5.41, 5.74) is 1.02. The topological polar surface area (TPSA) is 12.0 Å². The Morgan fingerprint density at radius 1 is 1.54 bits per heavy atom. The molecule has 1 heterocycles. The van der Waals surface area contributed by atoms with Crippen LogP contribution >= 0.6 is 27.7 Å². The molecule has 1 nitrogen and oxygen atoms in total. The summed E-state index contributed by atoms with van der Waals surface area (Å²) in [6.07, 6.45) is 0. The zero-order chi connectivity index (χ0) is 9.26. The summed E-state index contributed by atoms with van der Waals surface area (Å²) in [7, 11) is 0. The molecular formula is C9H9BrFNS. The number of benzene rings is 1. The molecule has 0 aliphatic carbocycles. The SMILES string of the molecule is Fc1cc(C2NCCS2)ccc1Br. The summed E-state index contributed by atoms with van der Waals surface area (Å²) >= 11 is 4.95. The molecule has 1 unspecified atom stereocenters. The number of rotatable bonds is 1. The van der Waals surface area contributed by atoms with E-state index in [1.54, 1.807) is 12.1 Å². The average Bonchev–Trinajstić information content (AvgIpc) is 2.62. The lowest BCUT2D eigenvalue weighted by Gasteiger charge is -2.09. The van der Waals surface area contributed by atoms with Crippen molar-refractivity contribution < 1.29 is 4.39 Å². The van der Waals surface area contributed by atoms with E-state index in [4.69, 9.17) is 0 Å². The van der Waals surface area contributed by atoms with Crippen molar-refractivity contribution in [2.24, 2.45) is 0 Å². The van der Waals surface area contributed by atoms with E-state index >= 15 is 0 Å². The average molecular weight is 262 g/mol. The number of hydrogen-bond donors (Lipinski definition) is 1. The fraction of sp³-hybridized carbons (Fsp3) is 0.333. The first-order valence-corrected chi connectivity index (χ1v) is 5.91. The number of halogens is 2. The Bertz CT molecular complexity index is 312. The van der Waals surface area contributed by atoms with Gasteiger partial charge in [0.15, 0.2) is 0 Å². The summed E-state index contributed by atoms with van der Waals surface area (Å²) in [6, 6.07) is 5.29. The minimum Gasteiger partial charge on any atom is -0.301 e. The van der Waals surface area contributed by atoms with Crippen LogP contribution in [-0.4, -0.2) is 12.3 Å². The molecule has 1 aromatic rings. The molecular weight excluding hydrogens is 253 g/mol. The van der Waals surface area contributed by atoms with E-state index in [0.717, 1.165) is 17.9 Å². The molecule has 70 valence electrons. The summed E-state index contributed by atoms with van der Waals surface area (Å²) in [5.74, 6) is 0.911. The third-order valence-electron chi connectivity index (χ3n) is 1.96. The lowest BCUT2D eigenvalue weighted by atomic mass is 10.2. The molecule has 1 aromatic carbocycles. The predicted molar refractivity (Wildman–Crippen MR) is 57.3 cm³/mol. The third-order valence-corrected chi connectivity index (χ3v) is 3.82. The lowest BCUT2D eigenvalue weighted by Crippen LogP contribution is -2.12. The summed E-state index contributed by atoms with van der Waals surface area (Å²) in [5, 5.41) is 3.57. The van der Waals surface area contributed by atoms with Gasteiger partial charge in [-0.2, -0.15) is 0 Å². The molecule has 1 saturated heterocycles. The standard InChI is InChI=1S/C9H9BrFNS/c10-7-2-1-6(5-8(7)11)9-12-3-4-13-9/h1-2,5,9,12H,3-4H2. The largest absolute Gasteiger partial charge is 0.301 e. The molecule has 4 heteroatoms. The first-order valence-electron chi connectivity index (χ1n) is 4.07. The summed E-state index contributed by atoms with van der Waals surface area (Å²) in [6.45, 7) is 1.01. The highest BCUT2D eigenvalue weighted by atomic mass is 79.9. The maximum atomic E-state index is 13.1. The van der Waals surface area contributed by atoms with Crippen molar-refractivity contribution in [3.63, 3.8) is 0 Å². The smallest absolute Gasteiger partial charge is 0.137 e. The van der Waals surface area contributed by atoms with Crippen LogP contribution in [-0.2, 0) is 0 Å². The van der Waals surface area contributed by atoms with E-state index in [2.05, 4.69) is 21.2 Å². The van der Waals surface area contributed by atoms with E-state index in [9.17, 15) is 4.39 Å². The van der Waals surface area contributed by atoms with Crippen LogP contribution in [0.15, 0.2) is 22.7 Å². The Morgan fingerprint density at radius 2 is 2.38 bits per heavy atom. The second-order valence-electron chi connectivity index (χ2n) is 2.88. The van der Waals surface area contributed by atoms with Crippen LogP contribution in [0.5, 0.6) is 0 Å². The minimum atomic E-state index is -0.188. The van der Waals surface area contributed by atoms with Gasteiger partial charge in [-0.1, -0.05) is 6.07 Å². The van der Waals surface area contributed by atoms with Crippen LogP contribution in [0.3, 0.4) is 0 Å². The zero-order valence-corrected chi connectivity index (χ0v) is 9.29. The molecule has 0 bridgehead atoms. The van der Waals surface area contributed by atoms with Crippen LogP contribution in [0, 0.1) is 5.82 Å². The van der Waals surface area contributed by atoms with Gasteiger partial charge in [0.05, 0.1) is 9.85 Å². The van der Waals surface area contributed by atoms with Crippen LogP contribution in [0.25, 0.3) is 0 Å². The number of nitrogens with one attached hydrogen (secondary N) is 1. The van der Waals surface area contributed by atoms with Crippen molar-refractivity contribution >= 4 is 27.7 Å². The third kappa shape index (κ3) is 2.06. The van der Waals surface area contributed by atoms with Crippen molar-refractivity contribution in [2.75, 3.05) is 12.3 Å². The normalized spacial score (nSPS) is 22.2. The monoisotopic (exact) mass is 261 g/mol. The first kappa shape index (κ1) is 9.49. The molecule has 1 aliphatic rings. The highest BCUT2D eigenvalue weighted by molar-refractivity contribution is 9.10. The summed E-state index contributed by atoms with van der Waals surface area (Å²) in [4.78, 5) is 0. The van der Waals surface area contributed by atoms with E-state index in [0.29, 0.717) is 4.47 Å². The second-order valence-corrected chi connectivity index (χ2v) is 4.95. The fourth-order valence-corrected chi connectivity index (χ4v) is 2.61. The molecule has 0 aromatic heterocycles. The van der Waals surface area contributed by atoms with Crippen molar-refractivity contribution in [3.05, 3.63) is 34.1 Å². The van der Waals surface area contributed by atoms with Crippen molar-refractivity contribution in [3.8, 4) is 0 Å². The Morgan fingerprint density at radius 3 is 3.00 bits per heavy atom. The maximum absolute atomic E-state index is 13.1. The zero-order valence-electron chi connectivity index (χ0n) is 6.89. The molecule has 2 rings (SSSR count). The molecule has 0 spiro atoms. The van der Waals surface area contributed by atoms with Crippen molar-refractivity contribution in [1.82, 2.24) is 5.32 Å². The van der Waals surface area contributed by atoms with E-state index in [1.807, 2.05) is 17.8 Å². The second kappa shape index (κ2) is 3.98. The van der Waals surface area contributed by atoms with Gasteiger partial charge in [0.2, 0.25) is 0 Å². The highest BCUT2D eigenvalue weighted by Gasteiger charge is 2.17. The van der Waals surface area contributed by atoms with Gasteiger partial charge < -0.3 is 5.32 Å². The molecule has 0 radical (unpaired) electrons. The van der Waals surface area contributed by atoms with Gasteiger partial charge in [-0.05, 0) is 33.6 Å². The maximum Gasteiger partial charge on any atom is 0.137 e. The number of hydrogen-bond acceptors (Lipinski definition) is 2. The molecule has 1 aliphatic heterocycles. The first-order chi connectivity index (χ1) is 6.27. The van der Waals surface area contributed by atoms with Gasteiger partial charge in [-0.25, -0.2) is 4.39 Å². The molecule has 1 fully saturated rings. The van der Waals surface area contributed by atoms with Crippen molar-refractivity contribution in [2.45, 2.75) is 5.37 Å². The lowest BCUT2D eigenvalue weighted by molar-refractivity contribution is 0.616. The van der Waals surface area contributed by atoms with E-state index in [1.165, 1.54) is 0 Å². The Balaban J connectivity index is 2.25. The summed E-state index contributed by atoms with van der Waals surface area (Å²) < 4.78 is 13.7.